The summed E-state index contributed by atoms with van der Waals surface area (Å²) in [6, 6.07) is 7.68. The maximum absolute atomic E-state index is 11.9. The monoisotopic (exact) mass is 313 g/mol. The molecule has 1 atom stereocenters. The van der Waals surface area contributed by atoms with E-state index in [1.165, 1.54) is 0 Å². The van der Waals surface area contributed by atoms with Crippen LogP contribution in [0.1, 0.15) is 18.9 Å². The van der Waals surface area contributed by atoms with Gasteiger partial charge in [0.15, 0.2) is 0 Å². The number of carbonyl (C=O) groups excluding carboxylic acids is 1. The van der Waals surface area contributed by atoms with Crippen LogP contribution in [0.5, 0.6) is 0 Å². The van der Waals surface area contributed by atoms with E-state index in [9.17, 15) is 9.59 Å². The Balaban J connectivity index is 2.62. The van der Waals surface area contributed by atoms with Gasteiger partial charge in [0.1, 0.15) is 0 Å². The minimum absolute atomic E-state index is 0.137. The van der Waals surface area contributed by atoms with E-state index >= 15 is 0 Å². The van der Waals surface area contributed by atoms with E-state index in [0.29, 0.717) is 6.54 Å². The van der Waals surface area contributed by atoms with Crippen LogP contribution in [0, 0.1) is 5.92 Å². The Kier molecular flexibility index (Phi) is 5.34. The van der Waals surface area contributed by atoms with E-state index in [-0.39, 0.29) is 12.3 Å². The summed E-state index contributed by atoms with van der Waals surface area (Å²) in [5, 5.41) is 8.66. The third-order valence-corrected chi connectivity index (χ3v) is 3.08. The lowest BCUT2D eigenvalue weighted by Crippen LogP contribution is -2.32. The quantitative estimate of drug-likeness (QED) is 0.908. The number of halogens is 1. The van der Waals surface area contributed by atoms with Crippen LogP contribution in [0.15, 0.2) is 28.7 Å². The maximum atomic E-state index is 11.9. The number of carboxylic acids is 1. The highest BCUT2D eigenvalue weighted by atomic mass is 79.9. The highest BCUT2D eigenvalue weighted by molar-refractivity contribution is 9.10. The summed E-state index contributed by atoms with van der Waals surface area (Å²) >= 11 is 3.37. The number of rotatable bonds is 5. The van der Waals surface area contributed by atoms with Gasteiger partial charge in [0, 0.05) is 24.0 Å². The van der Waals surface area contributed by atoms with Gasteiger partial charge in [0.2, 0.25) is 5.91 Å². The third-order valence-electron chi connectivity index (χ3n) is 2.59. The van der Waals surface area contributed by atoms with Crippen molar-refractivity contribution in [3.63, 3.8) is 0 Å². The summed E-state index contributed by atoms with van der Waals surface area (Å²) in [6.07, 6.45) is -0.137. The van der Waals surface area contributed by atoms with Crippen molar-refractivity contribution >= 4 is 27.8 Å². The van der Waals surface area contributed by atoms with E-state index in [2.05, 4.69) is 15.9 Å². The number of carboxylic acid groups (broad SMARTS) is 1. The second-order valence-electron chi connectivity index (χ2n) is 4.32. The molecule has 0 aliphatic heterocycles. The van der Waals surface area contributed by atoms with Gasteiger partial charge in [-0.15, -0.1) is 0 Å². The molecule has 0 saturated carbocycles. The van der Waals surface area contributed by atoms with Crippen LogP contribution >= 0.6 is 15.9 Å². The van der Waals surface area contributed by atoms with Gasteiger partial charge in [-0.2, -0.15) is 0 Å². The molecule has 0 spiro atoms. The van der Waals surface area contributed by atoms with Crippen molar-refractivity contribution in [3.05, 3.63) is 34.3 Å². The van der Waals surface area contributed by atoms with E-state index in [1.54, 1.807) is 18.9 Å². The summed E-state index contributed by atoms with van der Waals surface area (Å²) in [4.78, 5) is 24.0. The minimum Gasteiger partial charge on any atom is -0.481 e. The smallest absolute Gasteiger partial charge is 0.304 e. The average molecular weight is 314 g/mol. The highest BCUT2D eigenvalue weighted by Gasteiger charge is 2.20. The number of carbonyl (C=O) groups is 2. The van der Waals surface area contributed by atoms with Crippen LogP contribution in [-0.4, -0.2) is 28.9 Å². The lowest BCUT2D eigenvalue weighted by molar-refractivity contribution is -0.143. The van der Waals surface area contributed by atoms with Gasteiger partial charge in [-0.05, 0) is 17.7 Å². The molecule has 0 saturated heterocycles. The van der Waals surface area contributed by atoms with E-state index < -0.39 is 11.9 Å². The number of amides is 1. The molecule has 0 radical (unpaired) electrons. The molecule has 4 nitrogen and oxygen atoms in total. The molecule has 18 heavy (non-hydrogen) atoms. The molecule has 1 unspecified atom stereocenters. The number of hydrogen-bond donors (Lipinski definition) is 1. The molecule has 1 amide bonds. The fourth-order valence-electron chi connectivity index (χ4n) is 1.71. The first kappa shape index (κ1) is 14.7. The van der Waals surface area contributed by atoms with Gasteiger partial charge >= 0.3 is 5.97 Å². The molecule has 0 aromatic heterocycles. The first-order valence-electron chi connectivity index (χ1n) is 5.61. The standard InChI is InChI=1S/C13H16BrNO3/c1-9(6-12(16)17)13(18)15(2)8-10-4-3-5-11(14)7-10/h3-5,7,9H,6,8H2,1-2H3,(H,16,17). The summed E-state index contributed by atoms with van der Waals surface area (Å²) in [7, 11) is 1.68. The van der Waals surface area contributed by atoms with Gasteiger partial charge in [-0.25, -0.2) is 0 Å². The van der Waals surface area contributed by atoms with Crippen LogP contribution in [0.4, 0.5) is 0 Å². The molecule has 0 aliphatic rings. The molecule has 1 rings (SSSR count). The van der Waals surface area contributed by atoms with Crippen molar-refractivity contribution < 1.29 is 14.7 Å². The first-order chi connectivity index (χ1) is 8.40. The fourth-order valence-corrected chi connectivity index (χ4v) is 2.16. The molecule has 0 bridgehead atoms. The van der Waals surface area contributed by atoms with E-state index in [1.807, 2.05) is 24.3 Å². The number of nitrogens with zero attached hydrogens (tertiary/aromatic N) is 1. The van der Waals surface area contributed by atoms with Gasteiger partial charge in [-0.3, -0.25) is 9.59 Å². The summed E-state index contributed by atoms with van der Waals surface area (Å²) in [5.74, 6) is -1.61. The SMILES string of the molecule is CC(CC(=O)O)C(=O)N(C)Cc1cccc(Br)c1. The van der Waals surface area contributed by atoms with Crippen molar-refractivity contribution in [1.82, 2.24) is 4.90 Å². The fraction of sp³-hybridized carbons (Fsp3) is 0.385. The maximum Gasteiger partial charge on any atom is 0.304 e. The number of benzene rings is 1. The Morgan fingerprint density at radius 3 is 2.67 bits per heavy atom. The van der Waals surface area contributed by atoms with Crippen molar-refractivity contribution in [2.24, 2.45) is 5.92 Å². The van der Waals surface area contributed by atoms with Gasteiger partial charge in [0.05, 0.1) is 6.42 Å². The zero-order valence-corrected chi connectivity index (χ0v) is 12.0. The van der Waals surface area contributed by atoms with Crippen LogP contribution in [0.3, 0.4) is 0 Å². The predicted octanol–water partition coefficient (Wildman–Crippen LogP) is 2.52. The normalized spacial score (nSPS) is 11.9. The lowest BCUT2D eigenvalue weighted by Gasteiger charge is -2.20. The molecule has 0 heterocycles. The Bertz CT molecular complexity index is 448. The summed E-state index contributed by atoms with van der Waals surface area (Å²) in [6.45, 7) is 2.11. The van der Waals surface area contributed by atoms with Crippen molar-refractivity contribution in [2.75, 3.05) is 7.05 Å². The summed E-state index contributed by atoms with van der Waals surface area (Å²) in [5.41, 5.74) is 1.00. The largest absolute Gasteiger partial charge is 0.481 e. The lowest BCUT2D eigenvalue weighted by atomic mass is 10.1. The Hall–Kier alpha value is -1.36. The first-order valence-corrected chi connectivity index (χ1v) is 6.40. The molecule has 0 aliphatic carbocycles. The number of hydrogen-bond acceptors (Lipinski definition) is 2. The van der Waals surface area contributed by atoms with Gasteiger partial charge in [0.25, 0.3) is 0 Å². The Morgan fingerprint density at radius 1 is 1.44 bits per heavy atom. The average Bonchev–Trinajstić information content (AvgIpc) is 2.27. The van der Waals surface area contributed by atoms with E-state index in [0.717, 1.165) is 10.0 Å². The second-order valence-corrected chi connectivity index (χ2v) is 5.24. The zero-order chi connectivity index (χ0) is 13.7. The third kappa shape index (κ3) is 4.49. The molecular weight excluding hydrogens is 298 g/mol. The van der Waals surface area contributed by atoms with E-state index in [4.69, 9.17) is 5.11 Å². The molecule has 98 valence electrons. The van der Waals surface area contributed by atoms with Crippen LogP contribution in [0.25, 0.3) is 0 Å². The van der Waals surface area contributed by atoms with Gasteiger partial charge < -0.3 is 10.0 Å². The summed E-state index contributed by atoms with van der Waals surface area (Å²) < 4.78 is 0.958. The zero-order valence-electron chi connectivity index (χ0n) is 10.4. The van der Waals surface area contributed by atoms with Crippen LogP contribution in [0.2, 0.25) is 0 Å². The minimum atomic E-state index is -0.952. The highest BCUT2D eigenvalue weighted by Crippen LogP contribution is 2.14. The topological polar surface area (TPSA) is 57.6 Å². The van der Waals surface area contributed by atoms with Crippen LogP contribution in [-0.2, 0) is 16.1 Å². The molecule has 1 aromatic rings. The molecule has 1 N–H and O–H groups in total. The van der Waals surface area contributed by atoms with Crippen LogP contribution < -0.4 is 0 Å². The van der Waals surface area contributed by atoms with Crippen molar-refractivity contribution in [1.29, 1.82) is 0 Å². The molecular formula is C13H16BrNO3. The second kappa shape index (κ2) is 6.54. The molecule has 0 fully saturated rings. The predicted molar refractivity (Wildman–Crippen MR) is 72.0 cm³/mol. The molecule has 5 heteroatoms. The molecule has 1 aromatic carbocycles. The Morgan fingerprint density at radius 2 is 2.11 bits per heavy atom. The van der Waals surface area contributed by atoms with Crippen molar-refractivity contribution in [2.45, 2.75) is 19.9 Å². The Labute approximate surface area is 115 Å². The van der Waals surface area contributed by atoms with Crippen molar-refractivity contribution in [3.8, 4) is 0 Å². The van der Waals surface area contributed by atoms with Gasteiger partial charge in [-0.1, -0.05) is 35.0 Å². The number of aliphatic carboxylic acids is 1.